The van der Waals surface area contributed by atoms with Gasteiger partial charge in [-0.1, -0.05) is 15.9 Å². The predicted molar refractivity (Wildman–Crippen MR) is 74.6 cm³/mol. The Morgan fingerprint density at radius 1 is 1.33 bits per heavy atom. The summed E-state index contributed by atoms with van der Waals surface area (Å²) >= 11 is 3.17. The summed E-state index contributed by atoms with van der Waals surface area (Å²) in [6.45, 7) is -1.92. The minimum Gasteiger partial charge on any atom is -0.399 e. The Bertz CT molecular complexity index is 529. The first-order valence-electron chi connectivity index (χ1n) is 5.73. The number of hydrogen-bond donors (Lipinski definition) is 2. The molecule has 9 heteroatoms. The summed E-state index contributed by atoms with van der Waals surface area (Å²) in [7, 11) is 1.31. The van der Waals surface area contributed by atoms with Crippen LogP contribution in [0.15, 0.2) is 22.7 Å². The number of nitrogen functional groups attached to an aromatic ring is 1. The van der Waals surface area contributed by atoms with Gasteiger partial charge in [0.1, 0.15) is 6.54 Å². The molecule has 0 atom stereocenters. The van der Waals surface area contributed by atoms with E-state index in [0.29, 0.717) is 10.2 Å². The molecule has 0 saturated heterocycles. The zero-order chi connectivity index (χ0) is 16.2. The Morgan fingerprint density at radius 2 is 1.95 bits per heavy atom. The molecular formula is C12H13BrF3N3O2. The highest BCUT2D eigenvalue weighted by Crippen LogP contribution is 2.18. The summed E-state index contributed by atoms with van der Waals surface area (Å²) in [5, 5.41) is 1.69. The molecule has 21 heavy (non-hydrogen) atoms. The summed E-state index contributed by atoms with van der Waals surface area (Å²) < 4.78 is 36.4. The van der Waals surface area contributed by atoms with Crippen molar-refractivity contribution in [3.63, 3.8) is 0 Å². The van der Waals surface area contributed by atoms with Crippen LogP contribution in [0.2, 0.25) is 0 Å². The van der Waals surface area contributed by atoms with E-state index in [0.717, 1.165) is 4.90 Å². The van der Waals surface area contributed by atoms with Crippen LogP contribution >= 0.6 is 15.9 Å². The SMILES string of the molecule is CN(CC(=O)NCC(F)(F)F)C(=O)c1cc(N)cc(Br)c1. The lowest BCUT2D eigenvalue weighted by Gasteiger charge is -2.17. The van der Waals surface area contributed by atoms with E-state index in [1.54, 1.807) is 11.4 Å². The maximum Gasteiger partial charge on any atom is 0.405 e. The fourth-order valence-corrected chi connectivity index (χ4v) is 2.01. The Labute approximate surface area is 127 Å². The third kappa shape index (κ3) is 6.03. The highest BCUT2D eigenvalue weighted by atomic mass is 79.9. The second-order valence-electron chi connectivity index (χ2n) is 4.33. The van der Waals surface area contributed by atoms with Crippen LogP contribution in [-0.2, 0) is 4.79 Å². The molecule has 2 amide bonds. The zero-order valence-electron chi connectivity index (χ0n) is 11.0. The third-order valence-electron chi connectivity index (χ3n) is 2.38. The van der Waals surface area contributed by atoms with Crippen LogP contribution in [0.25, 0.3) is 0 Å². The van der Waals surface area contributed by atoms with E-state index in [1.165, 1.54) is 19.2 Å². The lowest BCUT2D eigenvalue weighted by molar-refractivity contribution is -0.138. The number of benzene rings is 1. The van der Waals surface area contributed by atoms with E-state index in [2.05, 4.69) is 15.9 Å². The maximum absolute atomic E-state index is 12.0. The standard InChI is InChI=1S/C12H13BrF3N3O2/c1-19(5-10(20)18-6-12(14,15)16)11(21)7-2-8(13)4-9(17)3-7/h2-4H,5-6,17H2,1H3,(H,18,20). The Hall–Kier alpha value is -1.77. The van der Waals surface area contributed by atoms with E-state index in [1.807, 2.05) is 0 Å². The molecule has 0 aliphatic carbocycles. The van der Waals surface area contributed by atoms with Gasteiger partial charge >= 0.3 is 6.18 Å². The summed E-state index contributed by atoms with van der Waals surface area (Å²) in [6.07, 6.45) is -4.49. The molecule has 1 aromatic carbocycles. The van der Waals surface area contributed by atoms with Crippen molar-refractivity contribution in [2.75, 3.05) is 25.9 Å². The van der Waals surface area contributed by atoms with E-state index in [-0.39, 0.29) is 5.56 Å². The molecule has 0 radical (unpaired) electrons. The number of nitrogens with one attached hydrogen (secondary N) is 1. The zero-order valence-corrected chi connectivity index (χ0v) is 12.6. The fourth-order valence-electron chi connectivity index (χ4n) is 1.50. The lowest BCUT2D eigenvalue weighted by Crippen LogP contribution is -2.41. The van der Waals surface area contributed by atoms with Gasteiger partial charge in [0.05, 0.1) is 6.54 Å². The van der Waals surface area contributed by atoms with Gasteiger partial charge in [-0.05, 0) is 18.2 Å². The van der Waals surface area contributed by atoms with Crippen molar-refractivity contribution >= 4 is 33.4 Å². The normalized spacial score (nSPS) is 11.1. The molecule has 0 aromatic heterocycles. The molecule has 0 heterocycles. The van der Waals surface area contributed by atoms with Gasteiger partial charge in [-0.15, -0.1) is 0 Å². The minimum absolute atomic E-state index is 0.230. The number of nitrogens with two attached hydrogens (primary N) is 1. The van der Waals surface area contributed by atoms with E-state index >= 15 is 0 Å². The van der Waals surface area contributed by atoms with Crippen molar-refractivity contribution in [3.8, 4) is 0 Å². The minimum atomic E-state index is -4.49. The van der Waals surface area contributed by atoms with Gasteiger partial charge in [-0.25, -0.2) is 0 Å². The monoisotopic (exact) mass is 367 g/mol. The second-order valence-corrected chi connectivity index (χ2v) is 5.24. The van der Waals surface area contributed by atoms with Crippen LogP contribution in [0, 0.1) is 0 Å². The Morgan fingerprint density at radius 3 is 2.48 bits per heavy atom. The van der Waals surface area contributed by atoms with Crippen molar-refractivity contribution in [3.05, 3.63) is 28.2 Å². The van der Waals surface area contributed by atoms with Crippen LogP contribution in [0.1, 0.15) is 10.4 Å². The van der Waals surface area contributed by atoms with E-state index in [9.17, 15) is 22.8 Å². The van der Waals surface area contributed by atoms with Crippen LogP contribution < -0.4 is 11.1 Å². The van der Waals surface area contributed by atoms with Crippen molar-refractivity contribution in [1.82, 2.24) is 10.2 Å². The average Bonchev–Trinajstić information content (AvgIpc) is 2.33. The Kier molecular flexibility index (Phi) is 5.59. The van der Waals surface area contributed by atoms with Crippen LogP contribution in [0.5, 0.6) is 0 Å². The Balaban J connectivity index is 2.64. The molecule has 0 fully saturated rings. The third-order valence-corrected chi connectivity index (χ3v) is 2.84. The highest BCUT2D eigenvalue weighted by Gasteiger charge is 2.28. The summed E-state index contributed by atoms with van der Waals surface area (Å²) in [4.78, 5) is 24.4. The number of hydrogen-bond acceptors (Lipinski definition) is 3. The topological polar surface area (TPSA) is 75.4 Å². The molecule has 0 bridgehead atoms. The van der Waals surface area contributed by atoms with Gasteiger partial charge in [0, 0.05) is 22.8 Å². The molecule has 0 aliphatic heterocycles. The average molecular weight is 368 g/mol. The van der Waals surface area contributed by atoms with Gasteiger partial charge in [0.2, 0.25) is 5.91 Å². The van der Waals surface area contributed by atoms with E-state index < -0.39 is 31.1 Å². The first kappa shape index (κ1) is 17.3. The number of rotatable bonds is 4. The summed E-state index contributed by atoms with van der Waals surface area (Å²) in [5.74, 6) is -1.42. The molecular weight excluding hydrogens is 355 g/mol. The molecule has 5 nitrogen and oxygen atoms in total. The molecule has 1 rings (SSSR count). The molecule has 0 unspecified atom stereocenters. The number of amides is 2. The van der Waals surface area contributed by atoms with Crippen LogP contribution in [-0.4, -0.2) is 43.0 Å². The number of halogens is 4. The van der Waals surface area contributed by atoms with Crippen LogP contribution in [0.4, 0.5) is 18.9 Å². The van der Waals surface area contributed by atoms with Crippen molar-refractivity contribution in [2.45, 2.75) is 6.18 Å². The lowest BCUT2D eigenvalue weighted by atomic mass is 10.2. The number of alkyl halides is 3. The van der Waals surface area contributed by atoms with Crippen molar-refractivity contribution < 1.29 is 22.8 Å². The number of anilines is 1. The van der Waals surface area contributed by atoms with Gasteiger partial charge in [0.15, 0.2) is 0 Å². The summed E-state index contributed by atoms with van der Waals surface area (Å²) in [6, 6.07) is 4.51. The van der Waals surface area contributed by atoms with Gasteiger partial charge in [0.25, 0.3) is 5.91 Å². The predicted octanol–water partition coefficient (Wildman–Crippen LogP) is 1.78. The molecule has 3 N–H and O–H groups in total. The van der Waals surface area contributed by atoms with Gasteiger partial charge < -0.3 is 16.0 Å². The van der Waals surface area contributed by atoms with Crippen molar-refractivity contribution in [1.29, 1.82) is 0 Å². The molecule has 0 saturated carbocycles. The summed E-state index contributed by atoms with van der Waals surface area (Å²) in [5.41, 5.74) is 6.17. The molecule has 1 aromatic rings. The maximum atomic E-state index is 12.0. The quantitative estimate of drug-likeness (QED) is 0.796. The molecule has 0 aliphatic rings. The number of likely N-dealkylation sites (N-methyl/N-ethyl adjacent to an activating group) is 1. The molecule has 0 spiro atoms. The number of nitrogens with zero attached hydrogens (tertiary/aromatic N) is 1. The van der Waals surface area contributed by atoms with Gasteiger partial charge in [-0.2, -0.15) is 13.2 Å². The van der Waals surface area contributed by atoms with Crippen LogP contribution in [0.3, 0.4) is 0 Å². The smallest absolute Gasteiger partial charge is 0.399 e. The van der Waals surface area contributed by atoms with Gasteiger partial charge in [-0.3, -0.25) is 9.59 Å². The number of carbonyl (C=O) groups is 2. The number of carbonyl (C=O) groups excluding carboxylic acids is 2. The molecule has 116 valence electrons. The second kappa shape index (κ2) is 6.79. The first-order chi connectivity index (χ1) is 9.58. The first-order valence-corrected chi connectivity index (χ1v) is 6.53. The van der Waals surface area contributed by atoms with E-state index in [4.69, 9.17) is 5.73 Å². The van der Waals surface area contributed by atoms with Crippen molar-refractivity contribution in [2.24, 2.45) is 0 Å². The largest absolute Gasteiger partial charge is 0.405 e. The fraction of sp³-hybridized carbons (Fsp3) is 0.333. The highest BCUT2D eigenvalue weighted by molar-refractivity contribution is 9.10.